The summed E-state index contributed by atoms with van der Waals surface area (Å²) in [6, 6.07) is 16.4. The van der Waals surface area contributed by atoms with E-state index in [1.165, 1.54) is 0 Å². The summed E-state index contributed by atoms with van der Waals surface area (Å²) in [7, 11) is 0. The molecular formula is C26H37N3OS2. The zero-order valence-corrected chi connectivity index (χ0v) is 21.2. The highest BCUT2D eigenvalue weighted by Gasteiger charge is 2.17. The molecule has 32 heavy (non-hydrogen) atoms. The number of thioether (sulfide) groups is 1. The predicted octanol–water partition coefficient (Wildman–Crippen LogP) is 5.33. The van der Waals surface area contributed by atoms with Gasteiger partial charge in [-0.25, -0.2) is 0 Å². The molecular weight excluding hydrogens is 434 g/mol. The lowest BCUT2D eigenvalue weighted by Gasteiger charge is -2.21. The summed E-state index contributed by atoms with van der Waals surface area (Å²) < 4.78 is 0. The largest absolute Gasteiger partial charge is 0.384 e. The number of carbonyl (C=O) groups is 1. The maximum absolute atomic E-state index is 12.1. The fourth-order valence-corrected chi connectivity index (χ4v) is 3.98. The maximum Gasteiger partial charge on any atom is 0.151 e. The van der Waals surface area contributed by atoms with Gasteiger partial charge in [0, 0.05) is 41.8 Å². The number of hydrogen-bond donors (Lipinski definition) is 4. The van der Waals surface area contributed by atoms with Crippen LogP contribution in [0.25, 0.3) is 16.8 Å². The van der Waals surface area contributed by atoms with Crippen molar-refractivity contribution in [2.75, 3.05) is 37.0 Å². The van der Waals surface area contributed by atoms with Crippen LogP contribution >= 0.6 is 24.4 Å². The lowest BCUT2D eigenvalue weighted by atomic mass is 9.96. The van der Waals surface area contributed by atoms with E-state index in [2.05, 4.69) is 78.7 Å². The van der Waals surface area contributed by atoms with Crippen molar-refractivity contribution < 1.29 is 4.79 Å². The first-order valence-corrected chi connectivity index (χ1v) is 13.1. The average molecular weight is 472 g/mol. The number of carbonyl (C=O) groups excluding carboxylic acids is 1. The van der Waals surface area contributed by atoms with Crippen LogP contribution in [0.2, 0.25) is 0 Å². The summed E-state index contributed by atoms with van der Waals surface area (Å²) in [4.78, 5) is 12.1. The van der Waals surface area contributed by atoms with Crippen LogP contribution in [0.1, 0.15) is 32.3 Å². The molecule has 2 atom stereocenters. The van der Waals surface area contributed by atoms with Crippen LogP contribution in [0, 0.1) is 0 Å². The van der Waals surface area contributed by atoms with E-state index in [1.54, 1.807) is 18.7 Å². The summed E-state index contributed by atoms with van der Waals surface area (Å²) in [6.07, 6.45) is 3.90. The predicted molar refractivity (Wildman–Crippen MR) is 146 cm³/mol. The van der Waals surface area contributed by atoms with Gasteiger partial charge >= 0.3 is 0 Å². The lowest BCUT2D eigenvalue weighted by molar-refractivity contribution is -0.118. The van der Waals surface area contributed by atoms with Crippen molar-refractivity contribution >= 4 is 41.6 Å². The molecule has 0 spiro atoms. The number of ketones is 1. The molecule has 4 nitrogen and oxygen atoms in total. The monoisotopic (exact) mass is 471 g/mol. The van der Waals surface area contributed by atoms with Gasteiger partial charge < -0.3 is 16.0 Å². The quantitative estimate of drug-likeness (QED) is 0.209. The zero-order chi connectivity index (χ0) is 23.3. The molecule has 0 aromatic heterocycles. The van der Waals surface area contributed by atoms with Gasteiger partial charge in [-0.15, -0.1) is 0 Å². The molecule has 2 aromatic carbocycles. The molecule has 0 heterocycles. The zero-order valence-electron chi connectivity index (χ0n) is 19.5. The van der Waals surface area contributed by atoms with Crippen LogP contribution in [0.5, 0.6) is 0 Å². The Morgan fingerprint density at radius 1 is 1.16 bits per heavy atom. The Labute approximate surface area is 203 Å². The van der Waals surface area contributed by atoms with Gasteiger partial charge in [0.25, 0.3) is 0 Å². The van der Waals surface area contributed by atoms with E-state index in [-0.39, 0.29) is 11.8 Å². The molecule has 0 aliphatic rings. The summed E-state index contributed by atoms with van der Waals surface area (Å²) in [5, 5.41) is 10.7. The second-order valence-corrected chi connectivity index (χ2v) is 9.60. The molecule has 3 N–H and O–H groups in total. The number of rotatable bonds is 15. The number of Topliss-reactive ketones (excluding diaryl/α,β-unsaturated/α-hetero) is 1. The molecule has 0 aliphatic heterocycles. The smallest absolute Gasteiger partial charge is 0.151 e. The van der Waals surface area contributed by atoms with Gasteiger partial charge in [0.1, 0.15) is 0 Å². The Kier molecular flexibility index (Phi) is 11.8. The van der Waals surface area contributed by atoms with Crippen molar-refractivity contribution in [2.24, 2.45) is 0 Å². The molecule has 0 bridgehead atoms. The van der Waals surface area contributed by atoms with Crippen molar-refractivity contribution in [3.63, 3.8) is 0 Å². The standard InChI is InChI=1S/C26H37N3OS2/c1-5-23(31)18-27-14-15-28-22-11-12-24(25(17-22)21-9-7-6-8-10-21)19(2)29-26(20(3)30)13-16-32-4/h6-12,17,23,26-29,31H,2,5,13-16,18H2,1,3-4H3. The first-order chi connectivity index (χ1) is 15.5. The van der Waals surface area contributed by atoms with E-state index in [9.17, 15) is 4.79 Å². The van der Waals surface area contributed by atoms with Crippen LogP contribution in [0.3, 0.4) is 0 Å². The Hall–Kier alpha value is -1.89. The van der Waals surface area contributed by atoms with E-state index >= 15 is 0 Å². The first kappa shape index (κ1) is 26.4. The average Bonchev–Trinajstić information content (AvgIpc) is 2.81. The van der Waals surface area contributed by atoms with Crippen LogP contribution in [0.4, 0.5) is 5.69 Å². The number of nitrogens with one attached hydrogen (secondary N) is 3. The molecule has 174 valence electrons. The Morgan fingerprint density at radius 3 is 2.56 bits per heavy atom. The summed E-state index contributed by atoms with van der Waals surface area (Å²) in [5.74, 6) is 1.07. The molecule has 0 fully saturated rings. The summed E-state index contributed by atoms with van der Waals surface area (Å²) in [5.41, 5.74) is 5.06. The highest BCUT2D eigenvalue weighted by Crippen LogP contribution is 2.30. The molecule has 0 saturated carbocycles. The van der Waals surface area contributed by atoms with Crippen molar-refractivity contribution in [3.05, 3.63) is 60.7 Å². The van der Waals surface area contributed by atoms with Crippen molar-refractivity contribution in [2.45, 2.75) is 38.0 Å². The van der Waals surface area contributed by atoms with Gasteiger partial charge in [-0.2, -0.15) is 24.4 Å². The van der Waals surface area contributed by atoms with E-state index in [4.69, 9.17) is 0 Å². The molecule has 0 amide bonds. The van der Waals surface area contributed by atoms with Gasteiger partial charge in [0.15, 0.2) is 5.78 Å². The SMILES string of the molecule is C=C(NC(CCSC)C(C)=O)c1ccc(NCCNCC(S)CC)cc1-c1ccccc1. The Morgan fingerprint density at radius 2 is 1.91 bits per heavy atom. The fourth-order valence-electron chi connectivity index (χ4n) is 3.38. The van der Waals surface area contributed by atoms with Crippen molar-refractivity contribution in [1.82, 2.24) is 10.6 Å². The second-order valence-electron chi connectivity index (χ2n) is 7.89. The minimum atomic E-state index is -0.221. The number of benzene rings is 2. The van der Waals surface area contributed by atoms with E-state index < -0.39 is 0 Å². The first-order valence-electron chi connectivity index (χ1n) is 11.2. The van der Waals surface area contributed by atoms with Crippen molar-refractivity contribution in [1.29, 1.82) is 0 Å². The topological polar surface area (TPSA) is 53.2 Å². The van der Waals surface area contributed by atoms with Crippen LogP contribution < -0.4 is 16.0 Å². The van der Waals surface area contributed by atoms with E-state index in [1.807, 2.05) is 18.2 Å². The van der Waals surface area contributed by atoms with E-state index in [0.717, 1.165) is 66.3 Å². The maximum atomic E-state index is 12.1. The third-order valence-electron chi connectivity index (χ3n) is 5.36. The van der Waals surface area contributed by atoms with Gasteiger partial charge in [-0.05, 0) is 55.0 Å². The Balaban J connectivity index is 2.16. The van der Waals surface area contributed by atoms with Gasteiger partial charge in [-0.3, -0.25) is 4.79 Å². The van der Waals surface area contributed by atoms with Crippen molar-refractivity contribution in [3.8, 4) is 11.1 Å². The molecule has 6 heteroatoms. The summed E-state index contributed by atoms with van der Waals surface area (Å²) >= 11 is 6.27. The normalized spacial score (nSPS) is 12.8. The van der Waals surface area contributed by atoms with Gasteiger partial charge in [0.05, 0.1) is 6.04 Å². The minimum Gasteiger partial charge on any atom is -0.384 e. The number of hydrogen-bond acceptors (Lipinski definition) is 6. The van der Waals surface area contributed by atoms with Gasteiger partial charge in [-0.1, -0.05) is 49.9 Å². The summed E-state index contributed by atoms with van der Waals surface area (Å²) in [6.45, 7) is 10.7. The molecule has 0 aliphatic carbocycles. The molecule has 2 aromatic rings. The molecule has 2 unspecified atom stereocenters. The molecule has 0 radical (unpaired) electrons. The highest BCUT2D eigenvalue weighted by molar-refractivity contribution is 7.98. The van der Waals surface area contributed by atoms with Crippen LogP contribution in [-0.4, -0.2) is 48.7 Å². The third-order valence-corrected chi connectivity index (χ3v) is 6.55. The minimum absolute atomic E-state index is 0.138. The molecule has 0 saturated heterocycles. The fraction of sp³-hybridized carbons (Fsp3) is 0.423. The number of anilines is 1. The van der Waals surface area contributed by atoms with Crippen LogP contribution in [0.15, 0.2) is 55.1 Å². The lowest BCUT2D eigenvalue weighted by Crippen LogP contribution is -2.34. The number of thiol groups is 1. The van der Waals surface area contributed by atoms with Crippen LogP contribution in [-0.2, 0) is 4.79 Å². The van der Waals surface area contributed by atoms with Gasteiger partial charge in [0.2, 0.25) is 0 Å². The highest BCUT2D eigenvalue weighted by atomic mass is 32.2. The molecule has 2 rings (SSSR count). The van der Waals surface area contributed by atoms with E-state index in [0.29, 0.717) is 5.25 Å². The third kappa shape index (κ3) is 8.57. The Bertz CT molecular complexity index is 857. The second kappa shape index (κ2) is 14.3.